The molecule has 1 aliphatic rings. The molecule has 1 amide bonds. The number of aryl methyl sites for hydroxylation is 1. The van der Waals surface area contributed by atoms with Gasteiger partial charge in [0.15, 0.2) is 0 Å². The number of amides is 1. The van der Waals surface area contributed by atoms with Crippen LogP contribution in [0.15, 0.2) is 54.6 Å². The number of para-hydroxylation sites is 1. The van der Waals surface area contributed by atoms with Crippen LogP contribution >= 0.6 is 0 Å². The molecule has 2 aromatic rings. The first kappa shape index (κ1) is 18.5. The molecule has 0 atom stereocenters. The molecule has 4 nitrogen and oxygen atoms in total. The number of anilines is 1. The molecule has 3 N–H and O–H groups in total. The normalized spacial score (nSPS) is 15.7. The minimum Gasteiger partial charge on any atom is -0.399 e. The van der Waals surface area contributed by atoms with Crippen molar-refractivity contribution in [3.63, 3.8) is 0 Å². The topological polar surface area (TPSA) is 58.4 Å². The first-order chi connectivity index (χ1) is 12.7. The number of hydrogen-bond donors (Lipinski definition) is 2. The van der Waals surface area contributed by atoms with Gasteiger partial charge in [-0.2, -0.15) is 0 Å². The zero-order valence-electron chi connectivity index (χ0n) is 15.4. The number of carbonyl (C=O) groups excluding carboxylic acids is 1. The summed E-state index contributed by atoms with van der Waals surface area (Å²) >= 11 is 0. The van der Waals surface area contributed by atoms with Gasteiger partial charge in [0.2, 0.25) is 5.91 Å². The summed E-state index contributed by atoms with van der Waals surface area (Å²) < 4.78 is 0. The van der Waals surface area contributed by atoms with Crippen LogP contribution in [0.4, 0.5) is 5.69 Å². The van der Waals surface area contributed by atoms with Crippen molar-refractivity contribution >= 4 is 11.6 Å². The smallest absolute Gasteiger partial charge is 0.220 e. The van der Waals surface area contributed by atoms with E-state index in [1.807, 2.05) is 24.3 Å². The lowest BCUT2D eigenvalue weighted by atomic mass is 9.96. The third-order valence-corrected chi connectivity index (χ3v) is 5.22. The summed E-state index contributed by atoms with van der Waals surface area (Å²) in [7, 11) is 0. The molecule has 0 spiro atoms. The van der Waals surface area contributed by atoms with Crippen molar-refractivity contribution in [3.05, 3.63) is 65.7 Å². The number of piperidine rings is 1. The maximum Gasteiger partial charge on any atom is 0.220 e. The lowest BCUT2D eigenvalue weighted by Gasteiger charge is -2.32. The van der Waals surface area contributed by atoms with Crippen molar-refractivity contribution in [3.8, 4) is 0 Å². The van der Waals surface area contributed by atoms with E-state index in [1.165, 1.54) is 5.56 Å². The standard InChI is InChI=1S/C22H29N3O/c23-21-9-5-4-8-20(21)10-11-22(26)24-16-18-12-14-25(15-13-18)17-19-6-2-1-3-7-19/h1-9,18H,10-17,23H2,(H,24,26). The van der Waals surface area contributed by atoms with Crippen molar-refractivity contribution in [1.82, 2.24) is 10.2 Å². The molecule has 0 aliphatic carbocycles. The van der Waals surface area contributed by atoms with Gasteiger partial charge in [-0.05, 0) is 55.5 Å². The summed E-state index contributed by atoms with van der Waals surface area (Å²) in [5.41, 5.74) is 9.13. The van der Waals surface area contributed by atoms with Gasteiger partial charge in [-0.3, -0.25) is 9.69 Å². The van der Waals surface area contributed by atoms with Crippen molar-refractivity contribution in [2.24, 2.45) is 5.92 Å². The predicted octanol–water partition coefficient (Wildman–Crippen LogP) is 3.23. The van der Waals surface area contributed by atoms with Gasteiger partial charge in [0.1, 0.15) is 0 Å². The zero-order valence-corrected chi connectivity index (χ0v) is 15.4. The van der Waals surface area contributed by atoms with Gasteiger partial charge in [-0.1, -0.05) is 48.5 Å². The molecule has 2 aromatic carbocycles. The largest absolute Gasteiger partial charge is 0.399 e. The first-order valence-electron chi connectivity index (χ1n) is 9.57. The second kappa shape index (κ2) is 9.39. The van der Waals surface area contributed by atoms with Gasteiger partial charge >= 0.3 is 0 Å². The number of carbonyl (C=O) groups is 1. The molecule has 0 aromatic heterocycles. The Morgan fingerprint density at radius 1 is 1.04 bits per heavy atom. The summed E-state index contributed by atoms with van der Waals surface area (Å²) in [6.45, 7) is 4.03. The van der Waals surface area contributed by atoms with Crippen molar-refractivity contribution < 1.29 is 4.79 Å². The Balaban J connectivity index is 1.33. The van der Waals surface area contributed by atoms with Crippen LogP contribution in [0.1, 0.15) is 30.4 Å². The van der Waals surface area contributed by atoms with Gasteiger partial charge < -0.3 is 11.1 Å². The van der Waals surface area contributed by atoms with Gasteiger partial charge in [0.25, 0.3) is 0 Å². The van der Waals surface area contributed by atoms with Crippen LogP contribution in [0, 0.1) is 5.92 Å². The fourth-order valence-corrected chi connectivity index (χ4v) is 3.55. The summed E-state index contributed by atoms with van der Waals surface area (Å²) in [6, 6.07) is 18.4. The highest BCUT2D eigenvalue weighted by Crippen LogP contribution is 2.18. The van der Waals surface area contributed by atoms with Gasteiger partial charge in [-0.25, -0.2) is 0 Å². The first-order valence-corrected chi connectivity index (χ1v) is 9.57. The summed E-state index contributed by atoms with van der Waals surface area (Å²) in [6.07, 6.45) is 3.51. The Hall–Kier alpha value is -2.33. The van der Waals surface area contributed by atoms with Crippen LogP contribution in [0.3, 0.4) is 0 Å². The lowest BCUT2D eigenvalue weighted by Crippen LogP contribution is -2.38. The van der Waals surface area contributed by atoms with E-state index in [0.717, 1.165) is 50.3 Å². The number of rotatable bonds is 7. The fraction of sp³-hybridized carbons (Fsp3) is 0.409. The average molecular weight is 351 g/mol. The molecule has 4 heteroatoms. The number of benzene rings is 2. The van der Waals surface area contributed by atoms with E-state index in [2.05, 4.69) is 40.5 Å². The number of nitrogen functional groups attached to an aromatic ring is 1. The van der Waals surface area contributed by atoms with Crippen LogP contribution in [-0.2, 0) is 17.8 Å². The van der Waals surface area contributed by atoms with Crippen LogP contribution in [0.5, 0.6) is 0 Å². The molecule has 1 fully saturated rings. The van der Waals surface area contributed by atoms with E-state index < -0.39 is 0 Å². The van der Waals surface area contributed by atoms with Crippen LogP contribution in [0.25, 0.3) is 0 Å². The molecule has 3 rings (SSSR count). The van der Waals surface area contributed by atoms with Crippen LogP contribution < -0.4 is 11.1 Å². The highest BCUT2D eigenvalue weighted by atomic mass is 16.1. The van der Waals surface area contributed by atoms with Gasteiger partial charge in [0.05, 0.1) is 0 Å². The monoisotopic (exact) mass is 351 g/mol. The molecule has 0 radical (unpaired) electrons. The van der Waals surface area contributed by atoms with Crippen molar-refractivity contribution in [2.45, 2.75) is 32.2 Å². The van der Waals surface area contributed by atoms with E-state index >= 15 is 0 Å². The van der Waals surface area contributed by atoms with Crippen LogP contribution in [0.2, 0.25) is 0 Å². The number of nitrogens with one attached hydrogen (secondary N) is 1. The quantitative estimate of drug-likeness (QED) is 0.753. The summed E-state index contributed by atoms with van der Waals surface area (Å²) in [5.74, 6) is 0.715. The molecule has 26 heavy (non-hydrogen) atoms. The van der Waals surface area contributed by atoms with E-state index in [0.29, 0.717) is 18.8 Å². The number of hydrogen-bond acceptors (Lipinski definition) is 3. The molecule has 138 valence electrons. The molecule has 0 bridgehead atoms. The Morgan fingerprint density at radius 2 is 1.73 bits per heavy atom. The number of nitrogens with zero attached hydrogens (tertiary/aromatic N) is 1. The van der Waals surface area contributed by atoms with Crippen molar-refractivity contribution in [2.75, 3.05) is 25.4 Å². The molecule has 1 aliphatic heterocycles. The predicted molar refractivity (Wildman–Crippen MR) is 107 cm³/mol. The van der Waals surface area contributed by atoms with Crippen LogP contribution in [-0.4, -0.2) is 30.4 Å². The molecule has 0 unspecified atom stereocenters. The second-order valence-electron chi connectivity index (χ2n) is 7.21. The average Bonchev–Trinajstić information content (AvgIpc) is 2.68. The number of likely N-dealkylation sites (tertiary alicyclic amines) is 1. The minimum atomic E-state index is 0.125. The van der Waals surface area contributed by atoms with Crippen molar-refractivity contribution in [1.29, 1.82) is 0 Å². The van der Waals surface area contributed by atoms with E-state index in [4.69, 9.17) is 5.73 Å². The minimum absolute atomic E-state index is 0.125. The fourth-order valence-electron chi connectivity index (χ4n) is 3.55. The molecule has 0 saturated carbocycles. The second-order valence-corrected chi connectivity index (χ2v) is 7.21. The SMILES string of the molecule is Nc1ccccc1CCC(=O)NCC1CCN(Cc2ccccc2)CC1. The highest BCUT2D eigenvalue weighted by molar-refractivity contribution is 5.76. The van der Waals surface area contributed by atoms with Gasteiger partial charge in [0, 0.05) is 25.2 Å². The van der Waals surface area contributed by atoms with E-state index in [9.17, 15) is 4.79 Å². The maximum atomic E-state index is 12.1. The molecular weight excluding hydrogens is 322 g/mol. The Labute approximate surface area is 156 Å². The third-order valence-electron chi connectivity index (χ3n) is 5.22. The lowest BCUT2D eigenvalue weighted by molar-refractivity contribution is -0.121. The van der Waals surface area contributed by atoms with Gasteiger partial charge in [-0.15, -0.1) is 0 Å². The molecule has 1 saturated heterocycles. The van der Waals surface area contributed by atoms with E-state index in [1.54, 1.807) is 0 Å². The number of nitrogens with two attached hydrogens (primary N) is 1. The Kier molecular flexibility index (Phi) is 6.67. The maximum absolute atomic E-state index is 12.1. The molecule has 1 heterocycles. The van der Waals surface area contributed by atoms with E-state index in [-0.39, 0.29) is 5.91 Å². The Bertz CT molecular complexity index is 694. The molecular formula is C22H29N3O. The Morgan fingerprint density at radius 3 is 2.46 bits per heavy atom. The third kappa shape index (κ3) is 5.60. The zero-order chi connectivity index (χ0) is 18.2. The summed E-state index contributed by atoms with van der Waals surface area (Å²) in [4.78, 5) is 14.6. The summed E-state index contributed by atoms with van der Waals surface area (Å²) in [5, 5.41) is 3.11. The highest BCUT2D eigenvalue weighted by Gasteiger charge is 2.19.